The van der Waals surface area contributed by atoms with Crippen molar-refractivity contribution in [1.29, 1.82) is 0 Å². The molecule has 0 radical (unpaired) electrons. The summed E-state index contributed by atoms with van der Waals surface area (Å²) >= 11 is 2.71. The van der Waals surface area contributed by atoms with E-state index < -0.39 is 36.0 Å². The van der Waals surface area contributed by atoms with Gasteiger partial charge in [-0.1, -0.05) is 0 Å². The molecule has 0 unspecified atom stereocenters. The number of hydrogen-bond donors (Lipinski definition) is 1. The molecule has 0 bridgehead atoms. The van der Waals surface area contributed by atoms with Crippen LogP contribution in [-0.4, -0.2) is 12.6 Å². The van der Waals surface area contributed by atoms with Crippen molar-refractivity contribution < 1.29 is 27.1 Å². The van der Waals surface area contributed by atoms with Gasteiger partial charge >= 0.3 is 12.1 Å². The number of nitrogens with two attached hydrogens (primary N) is 1. The van der Waals surface area contributed by atoms with E-state index in [2.05, 4.69) is 20.7 Å². The van der Waals surface area contributed by atoms with Gasteiger partial charge < -0.3 is 10.5 Å². The molecule has 0 aliphatic heterocycles. The monoisotopic (exact) mass is 357 g/mol. The van der Waals surface area contributed by atoms with Gasteiger partial charge in [0.2, 0.25) is 0 Å². The van der Waals surface area contributed by atoms with Gasteiger partial charge in [0.05, 0.1) is 23.1 Å². The zero-order valence-corrected chi connectivity index (χ0v) is 12.0. The van der Waals surface area contributed by atoms with Gasteiger partial charge in [-0.05, 0) is 35.0 Å². The fraction of sp³-hybridized carbons (Fsp3) is 0.417. The van der Waals surface area contributed by atoms with Crippen LogP contribution in [0.25, 0.3) is 0 Å². The number of benzene rings is 1. The van der Waals surface area contributed by atoms with E-state index in [0.29, 0.717) is 12.1 Å². The molecule has 1 atom stereocenters. The Hall–Kier alpha value is -1.15. The van der Waals surface area contributed by atoms with Crippen molar-refractivity contribution in [1.82, 2.24) is 0 Å². The van der Waals surface area contributed by atoms with Gasteiger partial charge in [0, 0.05) is 11.6 Å². The molecule has 20 heavy (non-hydrogen) atoms. The lowest BCUT2D eigenvalue weighted by atomic mass is 10.0. The van der Waals surface area contributed by atoms with Crippen LogP contribution >= 0.6 is 15.9 Å². The zero-order chi connectivity index (χ0) is 15.5. The van der Waals surface area contributed by atoms with Crippen molar-refractivity contribution in [2.75, 3.05) is 6.61 Å². The Kier molecular flexibility index (Phi) is 5.52. The van der Waals surface area contributed by atoms with Gasteiger partial charge in [0.15, 0.2) is 0 Å². The van der Waals surface area contributed by atoms with Crippen LogP contribution in [0.4, 0.5) is 17.6 Å². The number of hydrogen-bond acceptors (Lipinski definition) is 3. The van der Waals surface area contributed by atoms with Crippen molar-refractivity contribution in [2.45, 2.75) is 25.6 Å². The van der Waals surface area contributed by atoms with E-state index >= 15 is 0 Å². The number of carbonyl (C=O) groups excluding carboxylic acids is 1. The highest BCUT2D eigenvalue weighted by atomic mass is 79.9. The average Bonchev–Trinajstić information content (AvgIpc) is 2.31. The van der Waals surface area contributed by atoms with Crippen molar-refractivity contribution in [2.24, 2.45) is 5.73 Å². The first-order valence-corrected chi connectivity index (χ1v) is 6.43. The van der Waals surface area contributed by atoms with Crippen molar-refractivity contribution in [3.63, 3.8) is 0 Å². The van der Waals surface area contributed by atoms with Gasteiger partial charge in [-0.15, -0.1) is 0 Å². The van der Waals surface area contributed by atoms with E-state index in [1.165, 1.54) is 0 Å². The second-order valence-corrected chi connectivity index (χ2v) is 4.83. The average molecular weight is 358 g/mol. The molecule has 0 aliphatic carbocycles. The molecule has 112 valence electrons. The van der Waals surface area contributed by atoms with Crippen LogP contribution in [-0.2, 0) is 15.7 Å². The van der Waals surface area contributed by atoms with Crippen LogP contribution in [0.2, 0.25) is 0 Å². The minimum Gasteiger partial charge on any atom is -0.466 e. The zero-order valence-electron chi connectivity index (χ0n) is 10.4. The number of rotatable bonds is 4. The lowest BCUT2D eigenvalue weighted by molar-refractivity contribution is -0.143. The number of esters is 1. The van der Waals surface area contributed by atoms with E-state index in [-0.39, 0.29) is 16.6 Å². The first-order valence-electron chi connectivity index (χ1n) is 5.64. The van der Waals surface area contributed by atoms with Crippen LogP contribution in [0.3, 0.4) is 0 Å². The third-order valence-electron chi connectivity index (χ3n) is 2.48. The predicted octanol–water partition coefficient (Wildman–Crippen LogP) is 3.56. The summed E-state index contributed by atoms with van der Waals surface area (Å²) in [5, 5.41) is 0. The maximum Gasteiger partial charge on any atom is 0.416 e. The molecule has 0 aliphatic rings. The summed E-state index contributed by atoms with van der Waals surface area (Å²) in [6, 6.07) is 0.00699. The summed E-state index contributed by atoms with van der Waals surface area (Å²) in [4.78, 5) is 11.2. The molecule has 2 N–H and O–H groups in total. The molecule has 1 aromatic rings. The van der Waals surface area contributed by atoms with E-state index in [1.54, 1.807) is 6.92 Å². The lowest BCUT2D eigenvalue weighted by Gasteiger charge is -2.16. The molecule has 0 saturated heterocycles. The van der Waals surface area contributed by atoms with E-state index in [1.807, 2.05) is 0 Å². The molecular weight excluding hydrogens is 346 g/mol. The molecular formula is C12H12BrF4NO2. The summed E-state index contributed by atoms with van der Waals surface area (Å²) in [5.74, 6) is -1.62. The quantitative estimate of drug-likeness (QED) is 0.662. The summed E-state index contributed by atoms with van der Waals surface area (Å²) in [5.41, 5.74) is 4.15. The molecule has 0 aromatic heterocycles. The van der Waals surface area contributed by atoms with E-state index in [0.717, 1.165) is 0 Å². The lowest BCUT2D eigenvalue weighted by Crippen LogP contribution is -2.19. The highest BCUT2D eigenvalue weighted by molar-refractivity contribution is 9.10. The van der Waals surface area contributed by atoms with Crippen molar-refractivity contribution in [3.05, 3.63) is 33.5 Å². The topological polar surface area (TPSA) is 52.3 Å². The summed E-state index contributed by atoms with van der Waals surface area (Å²) in [6.45, 7) is 1.69. The molecule has 3 nitrogen and oxygen atoms in total. The van der Waals surface area contributed by atoms with Crippen molar-refractivity contribution in [3.8, 4) is 0 Å². The maximum absolute atomic E-state index is 13.8. The molecule has 0 saturated carbocycles. The number of halogens is 5. The van der Waals surface area contributed by atoms with Crippen LogP contribution in [0, 0.1) is 5.82 Å². The Bertz CT molecular complexity index is 505. The largest absolute Gasteiger partial charge is 0.466 e. The predicted molar refractivity (Wildman–Crippen MR) is 67.3 cm³/mol. The van der Waals surface area contributed by atoms with Gasteiger partial charge in [0.25, 0.3) is 0 Å². The summed E-state index contributed by atoms with van der Waals surface area (Å²) in [7, 11) is 0. The highest BCUT2D eigenvalue weighted by Crippen LogP contribution is 2.35. The Morgan fingerprint density at radius 3 is 2.55 bits per heavy atom. The second kappa shape index (κ2) is 6.53. The Labute approximate surface area is 121 Å². The van der Waals surface area contributed by atoms with Gasteiger partial charge in [-0.25, -0.2) is 4.39 Å². The van der Waals surface area contributed by atoms with Gasteiger partial charge in [-0.2, -0.15) is 13.2 Å². The molecule has 0 heterocycles. The third-order valence-corrected chi connectivity index (χ3v) is 3.05. The first kappa shape index (κ1) is 16.9. The summed E-state index contributed by atoms with van der Waals surface area (Å²) in [6.07, 6.45) is -5.03. The Morgan fingerprint density at radius 1 is 1.45 bits per heavy atom. The molecule has 0 fully saturated rings. The molecule has 1 rings (SSSR count). The fourth-order valence-electron chi connectivity index (χ4n) is 1.55. The van der Waals surface area contributed by atoms with Crippen molar-refractivity contribution >= 4 is 21.9 Å². The maximum atomic E-state index is 13.8. The Morgan fingerprint density at radius 2 is 2.05 bits per heavy atom. The summed E-state index contributed by atoms with van der Waals surface area (Å²) < 4.78 is 56.0. The SMILES string of the molecule is CCOC(=O)C[C@H](N)c1cc(C(F)(F)F)cc(Br)c1F. The normalized spacial score (nSPS) is 13.2. The van der Waals surface area contributed by atoms with Crippen LogP contribution < -0.4 is 5.73 Å². The molecule has 0 amide bonds. The highest BCUT2D eigenvalue weighted by Gasteiger charge is 2.33. The van der Waals surface area contributed by atoms with Gasteiger partial charge in [-0.3, -0.25) is 4.79 Å². The van der Waals surface area contributed by atoms with Crippen LogP contribution in [0.1, 0.15) is 30.5 Å². The Balaban J connectivity index is 3.10. The minimum absolute atomic E-state index is 0.111. The number of carbonyl (C=O) groups is 1. The first-order chi connectivity index (χ1) is 9.16. The molecule has 1 aromatic carbocycles. The standard InChI is InChI=1S/C12H12BrF4NO2/c1-2-20-10(19)5-9(18)7-3-6(12(15,16)17)4-8(13)11(7)14/h3-4,9H,2,5,18H2,1H3/t9-/m0/s1. The van der Waals surface area contributed by atoms with E-state index in [4.69, 9.17) is 5.73 Å². The number of alkyl halides is 3. The minimum atomic E-state index is -4.63. The number of ether oxygens (including phenoxy) is 1. The van der Waals surface area contributed by atoms with Crippen LogP contribution in [0.15, 0.2) is 16.6 Å². The van der Waals surface area contributed by atoms with Crippen LogP contribution in [0.5, 0.6) is 0 Å². The molecule has 0 spiro atoms. The van der Waals surface area contributed by atoms with E-state index in [9.17, 15) is 22.4 Å². The third kappa shape index (κ3) is 4.17. The second-order valence-electron chi connectivity index (χ2n) is 3.97. The molecule has 8 heteroatoms. The fourth-order valence-corrected chi connectivity index (χ4v) is 2.03. The van der Waals surface area contributed by atoms with Gasteiger partial charge in [0.1, 0.15) is 5.82 Å². The smallest absolute Gasteiger partial charge is 0.416 e.